The standard InChI is InChI=1S/C36H19F2N3OS/c37-22-14-20(15-23(38)17-22)21-16-29-26-7-5-8-27(34(26)42-36(29)39-19-21)35-40-30-9-2-3-10-31(30)41(35)24-12-13-33-28(18-24)25-6-1-4-11-32(25)43-33/h1-19H. The van der Waals surface area contributed by atoms with E-state index in [1.807, 2.05) is 42.5 Å². The van der Waals surface area contributed by atoms with Crippen LogP contribution in [0.3, 0.4) is 0 Å². The van der Waals surface area contributed by atoms with Crippen LogP contribution in [0.4, 0.5) is 8.78 Å². The summed E-state index contributed by atoms with van der Waals surface area (Å²) in [6.07, 6.45) is 1.58. The summed E-state index contributed by atoms with van der Waals surface area (Å²) >= 11 is 1.79. The summed E-state index contributed by atoms with van der Waals surface area (Å²) in [6.45, 7) is 0. The molecule has 0 fully saturated rings. The van der Waals surface area contributed by atoms with E-state index in [2.05, 4.69) is 58.1 Å². The Labute approximate surface area is 247 Å². The van der Waals surface area contributed by atoms with Gasteiger partial charge < -0.3 is 4.42 Å². The van der Waals surface area contributed by atoms with Crippen LogP contribution in [0.5, 0.6) is 0 Å². The third-order valence-corrected chi connectivity index (χ3v) is 9.12. The molecule has 0 atom stereocenters. The Balaban J connectivity index is 1.29. The summed E-state index contributed by atoms with van der Waals surface area (Å²) < 4.78 is 39.0. The van der Waals surface area contributed by atoms with E-state index in [0.717, 1.165) is 44.9 Å². The molecule has 4 heterocycles. The van der Waals surface area contributed by atoms with E-state index in [0.29, 0.717) is 22.4 Å². The number of nitrogens with zero attached hydrogens (tertiary/aromatic N) is 3. The largest absolute Gasteiger partial charge is 0.437 e. The van der Waals surface area contributed by atoms with Crippen molar-refractivity contribution in [2.75, 3.05) is 0 Å². The van der Waals surface area contributed by atoms with Crippen molar-refractivity contribution < 1.29 is 13.2 Å². The Morgan fingerprint density at radius 3 is 2.35 bits per heavy atom. The summed E-state index contributed by atoms with van der Waals surface area (Å²) in [5.74, 6) is -0.527. The maximum atomic E-state index is 14.0. The molecule has 0 aliphatic carbocycles. The zero-order valence-corrected chi connectivity index (χ0v) is 23.2. The number of rotatable bonds is 3. The first-order chi connectivity index (χ1) is 21.1. The second-order valence-electron chi connectivity index (χ2n) is 10.6. The van der Waals surface area contributed by atoms with Gasteiger partial charge in [0, 0.05) is 54.5 Å². The van der Waals surface area contributed by atoms with Crippen LogP contribution in [0.2, 0.25) is 0 Å². The van der Waals surface area contributed by atoms with Crippen LogP contribution in [-0.4, -0.2) is 14.5 Å². The third kappa shape index (κ3) is 3.72. The number of furan rings is 1. The number of hydrogen-bond acceptors (Lipinski definition) is 4. The zero-order chi connectivity index (χ0) is 28.7. The number of fused-ring (bicyclic) bond motifs is 7. The molecule has 0 saturated heterocycles. The molecule has 0 bridgehead atoms. The maximum Gasteiger partial charge on any atom is 0.227 e. The highest BCUT2D eigenvalue weighted by molar-refractivity contribution is 7.25. The first kappa shape index (κ1) is 24.2. The molecule has 204 valence electrons. The quantitative estimate of drug-likeness (QED) is 0.209. The molecule has 0 radical (unpaired) electrons. The van der Waals surface area contributed by atoms with E-state index in [9.17, 15) is 8.78 Å². The monoisotopic (exact) mass is 579 g/mol. The molecule has 7 heteroatoms. The number of aromatic nitrogens is 3. The molecule has 9 rings (SSSR count). The molecular formula is C36H19F2N3OS. The van der Waals surface area contributed by atoms with Gasteiger partial charge in [-0.15, -0.1) is 11.3 Å². The number of thiophene rings is 1. The van der Waals surface area contributed by atoms with Crippen molar-refractivity contribution in [2.45, 2.75) is 0 Å². The number of pyridine rings is 1. The molecule has 0 amide bonds. The number of imidazole rings is 1. The van der Waals surface area contributed by atoms with Crippen molar-refractivity contribution in [1.82, 2.24) is 14.5 Å². The van der Waals surface area contributed by atoms with Gasteiger partial charge in [0.15, 0.2) is 0 Å². The van der Waals surface area contributed by atoms with Crippen molar-refractivity contribution in [3.8, 4) is 28.2 Å². The molecule has 4 aromatic heterocycles. The van der Waals surface area contributed by atoms with Gasteiger partial charge in [0.25, 0.3) is 0 Å². The van der Waals surface area contributed by atoms with Gasteiger partial charge in [-0.1, -0.05) is 42.5 Å². The predicted molar refractivity (Wildman–Crippen MR) is 170 cm³/mol. The van der Waals surface area contributed by atoms with E-state index in [1.165, 1.54) is 32.3 Å². The van der Waals surface area contributed by atoms with Gasteiger partial charge in [0.1, 0.15) is 23.0 Å². The van der Waals surface area contributed by atoms with E-state index in [4.69, 9.17) is 9.40 Å². The molecular weight excluding hydrogens is 560 g/mol. The van der Waals surface area contributed by atoms with Crippen LogP contribution < -0.4 is 0 Å². The number of benzene rings is 5. The minimum Gasteiger partial charge on any atom is -0.437 e. The molecule has 0 N–H and O–H groups in total. The molecule has 0 unspecified atom stereocenters. The number of halogens is 2. The fraction of sp³-hybridized carbons (Fsp3) is 0. The lowest BCUT2D eigenvalue weighted by Gasteiger charge is -2.10. The summed E-state index contributed by atoms with van der Waals surface area (Å²) in [7, 11) is 0. The Kier molecular flexibility index (Phi) is 5.10. The Morgan fingerprint density at radius 2 is 1.44 bits per heavy atom. The Morgan fingerprint density at radius 1 is 0.651 bits per heavy atom. The third-order valence-electron chi connectivity index (χ3n) is 7.97. The maximum absolute atomic E-state index is 14.0. The molecule has 5 aromatic carbocycles. The summed E-state index contributed by atoms with van der Waals surface area (Å²) in [6, 6.07) is 34.4. The highest BCUT2D eigenvalue weighted by Crippen LogP contribution is 2.40. The molecule has 43 heavy (non-hydrogen) atoms. The van der Waals surface area contributed by atoms with E-state index in [1.54, 1.807) is 17.5 Å². The van der Waals surface area contributed by atoms with E-state index in [-0.39, 0.29) is 0 Å². The van der Waals surface area contributed by atoms with Crippen molar-refractivity contribution in [3.05, 3.63) is 127 Å². The zero-order valence-electron chi connectivity index (χ0n) is 22.4. The molecule has 0 spiro atoms. The van der Waals surface area contributed by atoms with Crippen molar-refractivity contribution in [3.63, 3.8) is 0 Å². The lowest BCUT2D eigenvalue weighted by atomic mass is 10.0. The van der Waals surface area contributed by atoms with Gasteiger partial charge in [-0.2, -0.15) is 0 Å². The number of para-hydroxylation sites is 3. The second kappa shape index (κ2) is 9.05. The van der Waals surface area contributed by atoms with Gasteiger partial charge in [-0.25, -0.2) is 18.7 Å². The Bertz CT molecular complexity index is 2540. The first-order valence-electron chi connectivity index (χ1n) is 13.8. The predicted octanol–water partition coefficient (Wildman–Crippen LogP) is 10.3. The van der Waals surface area contributed by atoms with Crippen molar-refractivity contribution >= 4 is 64.6 Å². The van der Waals surface area contributed by atoms with E-state index < -0.39 is 11.6 Å². The summed E-state index contributed by atoms with van der Waals surface area (Å²) in [5, 5.41) is 4.04. The highest BCUT2D eigenvalue weighted by atomic mass is 32.1. The van der Waals surface area contributed by atoms with Crippen LogP contribution in [0.1, 0.15) is 0 Å². The van der Waals surface area contributed by atoms with Crippen molar-refractivity contribution in [1.29, 1.82) is 0 Å². The first-order valence-corrected chi connectivity index (χ1v) is 14.6. The second-order valence-corrected chi connectivity index (χ2v) is 11.6. The van der Waals surface area contributed by atoms with Crippen LogP contribution in [0.25, 0.3) is 81.5 Å². The lowest BCUT2D eigenvalue weighted by molar-refractivity contribution is 0.584. The highest BCUT2D eigenvalue weighted by Gasteiger charge is 2.21. The average Bonchev–Trinajstić information content (AvgIpc) is 3.71. The molecule has 0 saturated carbocycles. The van der Waals surface area contributed by atoms with Crippen LogP contribution in [0.15, 0.2) is 120 Å². The van der Waals surface area contributed by atoms with Crippen LogP contribution in [-0.2, 0) is 0 Å². The van der Waals surface area contributed by atoms with Gasteiger partial charge in [-0.3, -0.25) is 4.57 Å². The minimum absolute atomic E-state index is 0.413. The van der Waals surface area contributed by atoms with Crippen LogP contribution >= 0.6 is 11.3 Å². The molecule has 4 nitrogen and oxygen atoms in total. The SMILES string of the molecule is Fc1cc(F)cc(-c2cnc3oc4c(-c5nc6ccccc6n5-c5ccc6sc7ccccc7c6c5)cccc4c3c2)c1. The average molecular weight is 580 g/mol. The normalized spacial score (nSPS) is 12.0. The van der Waals surface area contributed by atoms with Crippen molar-refractivity contribution in [2.24, 2.45) is 0 Å². The molecule has 0 aliphatic heterocycles. The fourth-order valence-corrected chi connectivity index (χ4v) is 7.14. The fourth-order valence-electron chi connectivity index (χ4n) is 6.06. The van der Waals surface area contributed by atoms with Gasteiger partial charge in [0.05, 0.1) is 16.6 Å². The Hall–Kier alpha value is -5.40. The summed E-state index contributed by atoms with van der Waals surface area (Å²) in [5.41, 5.74) is 5.77. The summed E-state index contributed by atoms with van der Waals surface area (Å²) in [4.78, 5) is 9.63. The molecule has 0 aliphatic rings. The van der Waals surface area contributed by atoms with E-state index >= 15 is 0 Å². The molecule has 9 aromatic rings. The smallest absolute Gasteiger partial charge is 0.227 e. The van der Waals surface area contributed by atoms with Crippen LogP contribution in [0, 0.1) is 11.6 Å². The topological polar surface area (TPSA) is 43.9 Å². The van der Waals surface area contributed by atoms with Gasteiger partial charge in [0.2, 0.25) is 5.71 Å². The van der Waals surface area contributed by atoms with Gasteiger partial charge >= 0.3 is 0 Å². The minimum atomic E-state index is -0.637. The lowest BCUT2D eigenvalue weighted by Crippen LogP contribution is -1.97. The number of hydrogen-bond donors (Lipinski definition) is 0. The van der Waals surface area contributed by atoms with Gasteiger partial charge in [-0.05, 0) is 66.2 Å².